The van der Waals surface area contributed by atoms with Gasteiger partial charge in [0.15, 0.2) is 5.82 Å². The van der Waals surface area contributed by atoms with Crippen LogP contribution in [0, 0.1) is 3.57 Å². The summed E-state index contributed by atoms with van der Waals surface area (Å²) in [6.45, 7) is 0.525. The van der Waals surface area contributed by atoms with Gasteiger partial charge in [-0.25, -0.2) is 9.97 Å². The fourth-order valence-corrected chi connectivity index (χ4v) is 3.70. The minimum absolute atomic E-state index is 0.194. The van der Waals surface area contributed by atoms with E-state index in [4.69, 9.17) is 5.73 Å². The van der Waals surface area contributed by atoms with Crippen molar-refractivity contribution in [2.45, 2.75) is 6.10 Å². The molecular weight excluding hydrogens is 499 g/mol. The van der Waals surface area contributed by atoms with E-state index in [9.17, 15) is 5.11 Å². The van der Waals surface area contributed by atoms with Crippen molar-refractivity contribution in [3.63, 3.8) is 0 Å². The number of nitrogens with two attached hydrogens (primary N) is 1. The predicted molar refractivity (Wildman–Crippen MR) is 137 cm³/mol. The van der Waals surface area contributed by atoms with E-state index in [1.165, 1.54) is 11.1 Å². The van der Waals surface area contributed by atoms with Gasteiger partial charge in [-0.05, 0) is 63.6 Å². The average molecular weight is 522 g/mol. The zero-order valence-electron chi connectivity index (χ0n) is 16.9. The lowest BCUT2D eigenvalue weighted by Crippen LogP contribution is -2.28. The molecule has 3 aromatic carbocycles. The van der Waals surface area contributed by atoms with Gasteiger partial charge in [0.1, 0.15) is 5.82 Å². The first-order chi connectivity index (χ1) is 15.1. The molecule has 5 nitrogen and oxygen atoms in total. The normalized spacial score (nSPS) is 12.4. The maximum absolute atomic E-state index is 9.83. The second kappa shape index (κ2) is 10.00. The molecule has 0 saturated heterocycles. The molecule has 4 rings (SSSR count). The summed E-state index contributed by atoms with van der Waals surface area (Å²) in [5.41, 5.74) is 9.82. The Hall–Kier alpha value is -2.81. The highest BCUT2D eigenvalue weighted by molar-refractivity contribution is 14.1. The molecular formula is C25H23IN4O. The van der Waals surface area contributed by atoms with Crippen molar-refractivity contribution in [3.05, 3.63) is 87.8 Å². The topological polar surface area (TPSA) is 84.1 Å². The van der Waals surface area contributed by atoms with Gasteiger partial charge in [-0.3, -0.25) is 0 Å². The third kappa shape index (κ3) is 5.46. The van der Waals surface area contributed by atoms with E-state index in [1.54, 1.807) is 0 Å². The second-order valence-corrected chi connectivity index (χ2v) is 8.43. The summed E-state index contributed by atoms with van der Waals surface area (Å²) in [5, 5.41) is 14.0. The summed E-state index contributed by atoms with van der Waals surface area (Å²) < 4.78 is 1.10. The molecule has 1 unspecified atom stereocenters. The first kappa shape index (κ1) is 21.4. The molecule has 1 heterocycles. The smallest absolute Gasteiger partial charge is 0.154 e. The quantitative estimate of drug-likeness (QED) is 0.304. The third-order valence-electron chi connectivity index (χ3n) is 4.89. The summed E-state index contributed by atoms with van der Waals surface area (Å²) in [6, 6.07) is 24.7. The van der Waals surface area contributed by atoms with Crippen molar-refractivity contribution in [3.8, 4) is 11.1 Å². The largest absolute Gasteiger partial charge is 0.390 e. The van der Waals surface area contributed by atoms with Crippen molar-refractivity contribution in [2.24, 2.45) is 5.73 Å². The first-order valence-corrected chi connectivity index (χ1v) is 11.1. The Bertz CT molecular complexity index is 1190. The summed E-state index contributed by atoms with van der Waals surface area (Å²) in [4.78, 5) is 9.34. The third-order valence-corrected chi connectivity index (χ3v) is 5.57. The Morgan fingerprint density at radius 2 is 1.68 bits per heavy atom. The summed E-state index contributed by atoms with van der Waals surface area (Å²) in [6.07, 6.45) is 3.27. The Kier molecular flexibility index (Phi) is 6.91. The highest BCUT2D eigenvalue weighted by Gasteiger charge is 2.09. The van der Waals surface area contributed by atoms with Gasteiger partial charge >= 0.3 is 0 Å². The van der Waals surface area contributed by atoms with Gasteiger partial charge in [0.2, 0.25) is 0 Å². The summed E-state index contributed by atoms with van der Waals surface area (Å²) >= 11 is 2.27. The molecule has 0 spiro atoms. The molecule has 0 saturated carbocycles. The van der Waals surface area contributed by atoms with Gasteiger partial charge < -0.3 is 16.2 Å². The molecule has 0 amide bonds. The number of aliphatic hydroxyl groups excluding tert-OH is 1. The van der Waals surface area contributed by atoms with Crippen LogP contribution in [0.1, 0.15) is 11.4 Å². The maximum atomic E-state index is 9.83. The van der Waals surface area contributed by atoms with Gasteiger partial charge in [-0.2, -0.15) is 0 Å². The Labute approximate surface area is 195 Å². The van der Waals surface area contributed by atoms with Crippen LogP contribution in [0.4, 0.5) is 5.82 Å². The number of hydrogen-bond acceptors (Lipinski definition) is 5. The highest BCUT2D eigenvalue weighted by atomic mass is 127. The van der Waals surface area contributed by atoms with Crippen LogP contribution in [-0.4, -0.2) is 34.3 Å². The summed E-state index contributed by atoms with van der Waals surface area (Å²) in [7, 11) is 0. The summed E-state index contributed by atoms with van der Waals surface area (Å²) in [5.74, 6) is 1.29. The van der Waals surface area contributed by atoms with Crippen LogP contribution >= 0.6 is 22.6 Å². The molecule has 0 aliphatic carbocycles. The first-order valence-electron chi connectivity index (χ1n) is 10.1. The van der Waals surface area contributed by atoms with E-state index in [1.807, 2.05) is 48.6 Å². The van der Waals surface area contributed by atoms with Crippen LogP contribution in [0.2, 0.25) is 0 Å². The number of fused-ring (bicyclic) bond motifs is 1. The van der Waals surface area contributed by atoms with Crippen LogP contribution in [0.25, 0.3) is 34.2 Å². The lowest BCUT2D eigenvalue weighted by atomic mass is 10.0. The maximum Gasteiger partial charge on any atom is 0.154 e. The predicted octanol–water partition coefficient (Wildman–Crippen LogP) is 4.80. The molecule has 31 heavy (non-hydrogen) atoms. The minimum Gasteiger partial charge on any atom is -0.390 e. The van der Waals surface area contributed by atoms with Crippen molar-refractivity contribution >= 4 is 51.5 Å². The molecule has 4 aromatic rings. The van der Waals surface area contributed by atoms with E-state index < -0.39 is 6.10 Å². The van der Waals surface area contributed by atoms with Crippen LogP contribution in [0.5, 0.6) is 0 Å². The number of benzene rings is 3. The Morgan fingerprint density at radius 1 is 0.935 bits per heavy atom. The van der Waals surface area contributed by atoms with Crippen molar-refractivity contribution in [2.75, 3.05) is 18.4 Å². The number of hydrogen-bond donors (Lipinski definition) is 3. The van der Waals surface area contributed by atoms with Crippen LogP contribution in [0.15, 0.2) is 72.8 Å². The van der Waals surface area contributed by atoms with E-state index in [2.05, 4.69) is 74.3 Å². The van der Waals surface area contributed by atoms with Crippen LogP contribution in [0.3, 0.4) is 0 Å². The molecule has 0 fully saturated rings. The standard InChI is InChI=1S/C25H23IN4O/c26-20-11-12-23-22(14-20)25(28-16-21(31)15-27)30-24(29-23)13-8-17-6-9-19(10-7-17)18-4-2-1-3-5-18/h1-14,21,31H,15-16,27H2,(H,28,29,30)/b13-8+. The second-order valence-electron chi connectivity index (χ2n) is 7.18. The van der Waals surface area contributed by atoms with Gasteiger partial charge in [0.05, 0.1) is 11.6 Å². The van der Waals surface area contributed by atoms with E-state index in [-0.39, 0.29) is 6.54 Å². The number of nitrogens with zero attached hydrogens (tertiary/aromatic N) is 2. The average Bonchev–Trinajstić information content (AvgIpc) is 2.82. The van der Waals surface area contributed by atoms with E-state index in [0.717, 1.165) is 20.0 Å². The fourth-order valence-electron chi connectivity index (χ4n) is 3.21. The minimum atomic E-state index is -0.630. The molecule has 156 valence electrons. The van der Waals surface area contributed by atoms with Gasteiger partial charge in [0.25, 0.3) is 0 Å². The van der Waals surface area contributed by atoms with Crippen molar-refractivity contribution < 1.29 is 5.11 Å². The lowest BCUT2D eigenvalue weighted by Gasteiger charge is -2.12. The van der Waals surface area contributed by atoms with Gasteiger partial charge in [-0.15, -0.1) is 0 Å². The van der Waals surface area contributed by atoms with E-state index >= 15 is 0 Å². The van der Waals surface area contributed by atoms with Gasteiger partial charge in [0, 0.05) is 22.0 Å². The molecule has 0 aliphatic rings. The Balaban J connectivity index is 1.60. The SMILES string of the molecule is NCC(O)CNc1nc(/C=C/c2ccc(-c3ccccc3)cc2)nc2ccc(I)cc12. The molecule has 1 aromatic heterocycles. The van der Waals surface area contributed by atoms with Crippen molar-refractivity contribution in [1.29, 1.82) is 0 Å². The molecule has 4 N–H and O–H groups in total. The molecule has 0 aliphatic heterocycles. The number of halogens is 1. The number of nitrogens with one attached hydrogen (secondary N) is 1. The fraction of sp³-hybridized carbons (Fsp3) is 0.120. The monoisotopic (exact) mass is 522 g/mol. The van der Waals surface area contributed by atoms with Crippen LogP contribution in [-0.2, 0) is 0 Å². The van der Waals surface area contributed by atoms with Crippen LogP contribution < -0.4 is 11.1 Å². The number of aliphatic hydroxyl groups is 1. The van der Waals surface area contributed by atoms with E-state index in [0.29, 0.717) is 18.2 Å². The number of aromatic nitrogens is 2. The number of anilines is 1. The zero-order chi connectivity index (χ0) is 21.6. The van der Waals surface area contributed by atoms with Crippen molar-refractivity contribution in [1.82, 2.24) is 9.97 Å². The Morgan fingerprint density at radius 3 is 2.42 bits per heavy atom. The number of rotatable bonds is 7. The molecule has 6 heteroatoms. The molecule has 0 bridgehead atoms. The van der Waals surface area contributed by atoms with Gasteiger partial charge in [-0.1, -0.05) is 60.7 Å². The molecule has 1 atom stereocenters. The highest BCUT2D eigenvalue weighted by Crippen LogP contribution is 2.24. The lowest BCUT2D eigenvalue weighted by molar-refractivity contribution is 0.196. The zero-order valence-corrected chi connectivity index (χ0v) is 19.0. The molecule has 0 radical (unpaired) electrons.